The van der Waals surface area contributed by atoms with E-state index < -0.39 is 0 Å². The van der Waals surface area contributed by atoms with E-state index in [1.165, 1.54) is 11.1 Å². The molecule has 1 aliphatic rings. The number of hydrogen-bond acceptors (Lipinski definition) is 2. The lowest BCUT2D eigenvalue weighted by Gasteiger charge is -2.30. The number of benzene rings is 2. The predicted octanol–water partition coefficient (Wildman–Crippen LogP) is 2.21. The van der Waals surface area contributed by atoms with Gasteiger partial charge in [0.1, 0.15) is 0 Å². The Kier molecular flexibility index (Phi) is 3.52. The van der Waals surface area contributed by atoms with Crippen LogP contribution in [-0.4, -0.2) is 12.5 Å². The molecular weight excluding hydrogens is 248 g/mol. The van der Waals surface area contributed by atoms with Gasteiger partial charge >= 0.3 is 0 Å². The summed E-state index contributed by atoms with van der Waals surface area (Å²) in [7, 11) is 0. The fraction of sp³-hybridized carbons (Fsp3) is 0.235. The fourth-order valence-electron chi connectivity index (χ4n) is 2.70. The van der Waals surface area contributed by atoms with Gasteiger partial charge in [0.25, 0.3) is 5.91 Å². The lowest BCUT2D eigenvalue weighted by Crippen LogP contribution is -2.33. The number of carbonyl (C=O) groups is 1. The molecule has 1 atom stereocenters. The molecule has 2 aromatic rings. The number of nitrogens with two attached hydrogens (primary N) is 1. The summed E-state index contributed by atoms with van der Waals surface area (Å²) in [5.41, 5.74) is 10.0. The summed E-state index contributed by atoms with van der Waals surface area (Å²) in [5, 5.41) is 3.01. The van der Waals surface area contributed by atoms with E-state index in [1.54, 1.807) is 0 Å². The van der Waals surface area contributed by atoms with Crippen LogP contribution in [0.2, 0.25) is 0 Å². The third-order valence-corrected chi connectivity index (χ3v) is 3.90. The molecule has 0 aromatic heterocycles. The zero-order valence-electron chi connectivity index (χ0n) is 11.3. The third-order valence-electron chi connectivity index (χ3n) is 3.90. The first-order chi connectivity index (χ1) is 9.78. The van der Waals surface area contributed by atoms with Gasteiger partial charge in [0, 0.05) is 24.6 Å². The Morgan fingerprint density at radius 2 is 2.05 bits per heavy atom. The average Bonchev–Trinajstić information content (AvgIpc) is 2.48. The van der Waals surface area contributed by atoms with Gasteiger partial charge < -0.3 is 11.1 Å². The van der Waals surface area contributed by atoms with E-state index in [-0.39, 0.29) is 5.91 Å². The molecule has 0 radical (unpaired) electrons. The highest BCUT2D eigenvalue weighted by atomic mass is 16.1. The van der Waals surface area contributed by atoms with Crippen molar-refractivity contribution in [2.24, 2.45) is 5.73 Å². The predicted molar refractivity (Wildman–Crippen MR) is 79.6 cm³/mol. The number of amides is 1. The molecular formula is C17H18N2O. The highest BCUT2D eigenvalue weighted by Gasteiger charge is 2.25. The largest absolute Gasteiger partial charge is 0.351 e. The van der Waals surface area contributed by atoms with Gasteiger partial charge in [-0.25, -0.2) is 0 Å². The van der Waals surface area contributed by atoms with Gasteiger partial charge in [0.15, 0.2) is 0 Å². The first-order valence-electron chi connectivity index (χ1n) is 6.93. The van der Waals surface area contributed by atoms with E-state index in [2.05, 4.69) is 29.6 Å². The number of nitrogens with one attached hydrogen (secondary N) is 1. The maximum atomic E-state index is 12.1. The van der Waals surface area contributed by atoms with E-state index in [0.29, 0.717) is 24.6 Å². The first kappa shape index (κ1) is 12.9. The van der Waals surface area contributed by atoms with Gasteiger partial charge in [-0.3, -0.25) is 4.79 Å². The van der Waals surface area contributed by atoms with Crippen molar-refractivity contribution in [1.82, 2.24) is 5.32 Å². The lowest BCUT2D eigenvalue weighted by atomic mass is 9.77. The van der Waals surface area contributed by atoms with Gasteiger partial charge in [-0.1, -0.05) is 36.4 Å². The molecule has 102 valence electrons. The summed E-state index contributed by atoms with van der Waals surface area (Å²) in [5.74, 6) is 0.428. The molecule has 20 heavy (non-hydrogen) atoms. The Hall–Kier alpha value is -2.13. The van der Waals surface area contributed by atoms with Crippen molar-refractivity contribution in [3.05, 3.63) is 70.8 Å². The van der Waals surface area contributed by atoms with Crippen LogP contribution in [-0.2, 0) is 13.0 Å². The topological polar surface area (TPSA) is 55.1 Å². The summed E-state index contributed by atoms with van der Waals surface area (Å²) in [6, 6.07) is 15.9. The average molecular weight is 266 g/mol. The lowest BCUT2D eigenvalue weighted by molar-refractivity contribution is 0.0950. The summed E-state index contributed by atoms with van der Waals surface area (Å²) in [6.45, 7) is 1.15. The van der Waals surface area contributed by atoms with Crippen LogP contribution in [0.3, 0.4) is 0 Å². The van der Waals surface area contributed by atoms with Crippen LogP contribution in [0.1, 0.15) is 33.0 Å². The van der Waals surface area contributed by atoms with Crippen molar-refractivity contribution >= 4 is 5.91 Å². The van der Waals surface area contributed by atoms with Crippen molar-refractivity contribution in [3.8, 4) is 0 Å². The molecule has 3 heteroatoms. The van der Waals surface area contributed by atoms with Crippen LogP contribution in [0.4, 0.5) is 0 Å². The van der Waals surface area contributed by atoms with Gasteiger partial charge in [-0.2, -0.15) is 0 Å². The number of fused-ring (bicyclic) bond motifs is 1. The molecule has 1 unspecified atom stereocenters. The Morgan fingerprint density at radius 3 is 2.85 bits per heavy atom. The summed E-state index contributed by atoms with van der Waals surface area (Å²) < 4.78 is 0. The standard InChI is InChI=1S/C17H18N2O/c18-10-12-4-3-6-14(8-12)17(20)19-11-15-9-13-5-1-2-7-16(13)15/h1-8,15H,9-11,18H2,(H,19,20). The molecule has 0 spiro atoms. The van der Waals surface area contributed by atoms with E-state index in [4.69, 9.17) is 5.73 Å². The molecule has 3 nitrogen and oxygen atoms in total. The van der Waals surface area contributed by atoms with Crippen LogP contribution in [0.25, 0.3) is 0 Å². The van der Waals surface area contributed by atoms with Crippen molar-refractivity contribution in [2.75, 3.05) is 6.54 Å². The second-order valence-corrected chi connectivity index (χ2v) is 5.21. The summed E-state index contributed by atoms with van der Waals surface area (Å²) in [4.78, 5) is 12.1. The molecule has 2 aromatic carbocycles. The third kappa shape index (κ3) is 2.45. The molecule has 0 saturated carbocycles. The smallest absolute Gasteiger partial charge is 0.251 e. The molecule has 0 saturated heterocycles. The molecule has 1 amide bonds. The SMILES string of the molecule is NCc1cccc(C(=O)NCC2Cc3ccccc32)c1. The molecule has 1 aliphatic carbocycles. The number of carbonyl (C=O) groups excluding carboxylic acids is 1. The van der Waals surface area contributed by atoms with Gasteiger partial charge in [0.05, 0.1) is 0 Å². The highest BCUT2D eigenvalue weighted by Crippen LogP contribution is 2.33. The van der Waals surface area contributed by atoms with Crippen LogP contribution in [0.5, 0.6) is 0 Å². The van der Waals surface area contributed by atoms with Gasteiger partial charge in [-0.15, -0.1) is 0 Å². The van der Waals surface area contributed by atoms with Crippen molar-refractivity contribution in [1.29, 1.82) is 0 Å². The van der Waals surface area contributed by atoms with Crippen LogP contribution in [0.15, 0.2) is 48.5 Å². The van der Waals surface area contributed by atoms with E-state index >= 15 is 0 Å². The maximum absolute atomic E-state index is 12.1. The number of hydrogen-bond donors (Lipinski definition) is 2. The summed E-state index contributed by atoms with van der Waals surface area (Å²) >= 11 is 0. The molecule has 3 N–H and O–H groups in total. The van der Waals surface area contributed by atoms with Crippen molar-refractivity contribution < 1.29 is 4.79 Å². The molecule has 3 rings (SSSR count). The minimum atomic E-state index is -0.0234. The minimum Gasteiger partial charge on any atom is -0.351 e. The van der Waals surface area contributed by atoms with Crippen LogP contribution in [0, 0.1) is 0 Å². The van der Waals surface area contributed by atoms with Crippen molar-refractivity contribution in [2.45, 2.75) is 18.9 Å². The van der Waals surface area contributed by atoms with Crippen LogP contribution < -0.4 is 11.1 Å². The first-order valence-corrected chi connectivity index (χ1v) is 6.93. The molecule has 0 bridgehead atoms. The minimum absolute atomic E-state index is 0.0234. The quantitative estimate of drug-likeness (QED) is 0.891. The number of rotatable bonds is 4. The van der Waals surface area contributed by atoms with E-state index in [1.807, 2.05) is 24.3 Å². The Bertz CT molecular complexity index is 636. The normalized spacial score (nSPS) is 16.1. The Balaban J connectivity index is 1.61. The monoisotopic (exact) mass is 266 g/mol. The Labute approximate surface area is 118 Å². The molecule has 0 aliphatic heterocycles. The molecule has 0 fully saturated rings. The van der Waals surface area contributed by atoms with E-state index in [0.717, 1.165) is 12.0 Å². The zero-order chi connectivity index (χ0) is 13.9. The van der Waals surface area contributed by atoms with Crippen molar-refractivity contribution in [3.63, 3.8) is 0 Å². The maximum Gasteiger partial charge on any atom is 0.251 e. The van der Waals surface area contributed by atoms with E-state index in [9.17, 15) is 4.79 Å². The second kappa shape index (κ2) is 5.47. The van der Waals surface area contributed by atoms with Gasteiger partial charge in [0.2, 0.25) is 0 Å². The second-order valence-electron chi connectivity index (χ2n) is 5.21. The Morgan fingerprint density at radius 1 is 1.20 bits per heavy atom. The fourth-order valence-corrected chi connectivity index (χ4v) is 2.70. The highest BCUT2D eigenvalue weighted by molar-refractivity contribution is 5.94. The van der Waals surface area contributed by atoms with Crippen LogP contribution >= 0.6 is 0 Å². The summed E-state index contributed by atoms with van der Waals surface area (Å²) in [6.07, 6.45) is 1.05. The molecule has 0 heterocycles. The van der Waals surface area contributed by atoms with Gasteiger partial charge in [-0.05, 0) is 35.2 Å². The zero-order valence-corrected chi connectivity index (χ0v) is 11.3.